The van der Waals surface area contributed by atoms with Crippen molar-refractivity contribution in [2.75, 3.05) is 5.32 Å². The Bertz CT molecular complexity index is 743. The Morgan fingerprint density at radius 2 is 2.00 bits per heavy atom. The number of aryl methyl sites for hydroxylation is 2. The summed E-state index contributed by atoms with van der Waals surface area (Å²) in [7, 11) is 0. The molecule has 1 aliphatic carbocycles. The van der Waals surface area contributed by atoms with E-state index in [9.17, 15) is 9.59 Å². The summed E-state index contributed by atoms with van der Waals surface area (Å²) >= 11 is 1.51. The molecule has 1 aliphatic rings. The summed E-state index contributed by atoms with van der Waals surface area (Å²) < 4.78 is 0. The third kappa shape index (κ3) is 3.85. The fraction of sp³-hybridized carbons (Fsp3) is 0.368. The minimum Gasteiger partial charge on any atom is -0.347 e. The summed E-state index contributed by atoms with van der Waals surface area (Å²) in [6.07, 6.45) is 3.12. The third-order valence-electron chi connectivity index (χ3n) is 4.51. The molecule has 0 bridgehead atoms. The molecule has 5 heteroatoms. The molecule has 2 N–H and O–H groups in total. The van der Waals surface area contributed by atoms with Crippen LogP contribution in [0.25, 0.3) is 0 Å². The second-order valence-corrected chi connectivity index (χ2v) is 7.61. The minimum atomic E-state index is -0.0555. The van der Waals surface area contributed by atoms with Gasteiger partial charge in [-0.1, -0.05) is 18.6 Å². The van der Waals surface area contributed by atoms with Crippen LogP contribution in [-0.4, -0.2) is 11.8 Å². The van der Waals surface area contributed by atoms with Gasteiger partial charge in [0.1, 0.15) is 0 Å². The first kappa shape index (κ1) is 16.7. The molecule has 2 amide bonds. The first-order valence-corrected chi connectivity index (χ1v) is 9.09. The molecule has 1 fully saturated rings. The highest BCUT2D eigenvalue weighted by Gasteiger charge is 2.25. The molecule has 126 valence electrons. The van der Waals surface area contributed by atoms with Crippen molar-refractivity contribution < 1.29 is 9.59 Å². The molecule has 2 aromatic rings. The number of amides is 2. The molecule has 0 saturated heterocycles. The van der Waals surface area contributed by atoms with Gasteiger partial charge in [0.25, 0.3) is 5.91 Å². The number of rotatable bonds is 5. The van der Waals surface area contributed by atoms with Crippen molar-refractivity contribution in [1.82, 2.24) is 5.32 Å². The van der Waals surface area contributed by atoms with E-state index in [2.05, 4.69) is 10.6 Å². The van der Waals surface area contributed by atoms with Gasteiger partial charge in [-0.2, -0.15) is 0 Å². The number of carbonyl (C=O) groups is 2. The molecule has 4 nitrogen and oxygen atoms in total. The summed E-state index contributed by atoms with van der Waals surface area (Å²) in [5, 5.41) is 5.91. The highest BCUT2D eigenvalue weighted by Crippen LogP contribution is 2.27. The fourth-order valence-corrected chi connectivity index (χ4v) is 3.58. The van der Waals surface area contributed by atoms with Crippen LogP contribution in [0.15, 0.2) is 30.3 Å². The maximum atomic E-state index is 12.2. The van der Waals surface area contributed by atoms with Gasteiger partial charge in [-0.15, -0.1) is 11.3 Å². The van der Waals surface area contributed by atoms with E-state index in [4.69, 9.17) is 0 Å². The molecular weight excluding hydrogens is 320 g/mol. The first-order chi connectivity index (χ1) is 11.5. The van der Waals surface area contributed by atoms with Crippen LogP contribution in [0.5, 0.6) is 0 Å². The number of hydrogen-bond acceptors (Lipinski definition) is 3. The van der Waals surface area contributed by atoms with Crippen LogP contribution in [0.4, 0.5) is 5.69 Å². The van der Waals surface area contributed by atoms with Crippen molar-refractivity contribution in [3.05, 3.63) is 51.2 Å². The Hall–Kier alpha value is -2.14. The summed E-state index contributed by atoms with van der Waals surface area (Å²) in [4.78, 5) is 26.1. The third-order valence-corrected chi connectivity index (χ3v) is 5.66. The summed E-state index contributed by atoms with van der Waals surface area (Å²) in [5.41, 5.74) is 2.91. The average Bonchev–Trinajstić information content (AvgIpc) is 2.83. The van der Waals surface area contributed by atoms with E-state index in [0.717, 1.165) is 41.0 Å². The Morgan fingerprint density at radius 1 is 1.21 bits per heavy atom. The van der Waals surface area contributed by atoms with Crippen molar-refractivity contribution in [2.24, 2.45) is 5.92 Å². The van der Waals surface area contributed by atoms with E-state index in [-0.39, 0.29) is 17.7 Å². The molecule has 0 aliphatic heterocycles. The minimum absolute atomic E-state index is 0.0555. The standard InChI is InChI=1S/C19H22N2O2S/c1-12-9-17(24-13(12)2)19(23)20-11-14-5-3-8-16(10-14)21-18(22)15-6-4-7-15/h3,5,8-10,15H,4,6-7,11H2,1-2H3,(H,20,23)(H,21,22). The molecule has 0 atom stereocenters. The molecule has 1 aromatic heterocycles. The normalized spacial score (nSPS) is 14.1. The molecule has 1 heterocycles. The Balaban J connectivity index is 1.58. The molecule has 1 saturated carbocycles. The Labute approximate surface area is 146 Å². The van der Waals surface area contributed by atoms with E-state index in [1.54, 1.807) is 0 Å². The van der Waals surface area contributed by atoms with Gasteiger partial charge in [0.2, 0.25) is 5.91 Å². The van der Waals surface area contributed by atoms with Gasteiger partial charge in [-0.3, -0.25) is 9.59 Å². The smallest absolute Gasteiger partial charge is 0.261 e. The largest absolute Gasteiger partial charge is 0.347 e. The van der Waals surface area contributed by atoms with E-state index < -0.39 is 0 Å². The highest BCUT2D eigenvalue weighted by atomic mass is 32.1. The summed E-state index contributed by atoms with van der Waals surface area (Å²) in [6, 6.07) is 9.57. The quantitative estimate of drug-likeness (QED) is 0.862. The van der Waals surface area contributed by atoms with E-state index >= 15 is 0 Å². The molecule has 3 rings (SSSR count). The van der Waals surface area contributed by atoms with E-state index in [0.29, 0.717) is 6.54 Å². The van der Waals surface area contributed by atoms with Gasteiger partial charge in [0.15, 0.2) is 0 Å². The van der Waals surface area contributed by atoms with Crippen LogP contribution in [0.2, 0.25) is 0 Å². The van der Waals surface area contributed by atoms with Crippen molar-refractivity contribution in [3.63, 3.8) is 0 Å². The van der Waals surface area contributed by atoms with Crippen LogP contribution in [0.1, 0.15) is 44.9 Å². The summed E-state index contributed by atoms with van der Waals surface area (Å²) in [6.45, 7) is 4.48. The second kappa shape index (κ2) is 7.18. The SMILES string of the molecule is Cc1cc(C(=O)NCc2cccc(NC(=O)C3CCC3)c2)sc1C. The summed E-state index contributed by atoms with van der Waals surface area (Å²) in [5.74, 6) is 0.214. The maximum Gasteiger partial charge on any atom is 0.261 e. The predicted molar refractivity (Wildman–Crippen MR) is 97.4 cm³/mol. The number of anilines is 1. The average molecular weight is 342 g/mol. The topological polar surface area (TPSA) is 58.2 Å². The monoisotopic (exact) mass is 342 g/mol. The van der Waals surface area contributed by atoms with Gasteiger partial charge in [-0.25, -0.2) is 0 Å². The van der Waals surface area contributed by atoms with Crippen molar-refractivity contribution in [2.45, 2.75) is 39.7 Å². The molecular formula is C19H22N2O2S. The molecule has 24 heavy (non-hydrogen) atoms. The van der Waals surface area contributed by atoms with Crippen LogP contribution >= 0.6 is 11.3 Å². The van der Waals surface area contributed by atoms with Gasteiger partial charge in [-0.05, 0) is 56.0 Å². The highest BCUT2D eigenvalue weighted by molar-refractivity contribution is 7.14. The van der Waals surface area contributed by atoms with Crippen molar-refractivity contribution in [3.8, 4) is 0 Å². The Morgan fingerprint density at radius 3 is 2.62 bits per heavy atom. The predicted octanol–water partition coefficient (Wildman–Crippen LogP) is 4.03. The molecule has 1 aromatic carbocycles. The zero-order valence-electron chi connectivity index (χ0n) is 14.0. The van der Waals surface area contributed by atoms with Crippen LogP contribution in [-0.2, 0) is 11.3 Å². The number of thiophene rings is 1. The number of benzene rings is 1. The van der Waals surface area contributed by atoms with E-state index in [1.807, 2.05) is 44.2 Å². The van der Waals surface area contributed by atoms with Gasteiger partial charge in [0, 0.05) is 23.0 Å². The lowest BCUT2D eigenvalue weighted by Gasteiger charge is -2.24. The van der Waals surface area contributed by atoms with Crippen LogP contribution in [0, 0.1) is 19.8 Å². The van der Waals surface area contributed by atoms with Gasteiger partial charge >= 0.3 is 0 Å². The second-order valence-electron chi connectivity index (χ2n) is 6.35. The number of carbonyl (C=O) groups excluding carboxylic acids is 2. The first-order valence-electron chi connectivity index (χ1n) is 8.28. The van der Waals surface area contributed by atoms with Crippen LogP contribution in [0.3, 0.4) is 0 Å². The molecule has 0 spiro atoms. The zero-order valence-corrected chi connectivity index (χ0v) is 14.8. The lowest BCUT2D eigenvalue weighted by Crippen LogP contribution is -2.28. The lowest BCUT2D eigenvalue weighted by molar-refractivity contribution is -0.122. The molecule has 0 unspecified atom stereocenters. The van der Waals surface area contributed by atoms with E-state index in [1.165, 1.54) is 16.2 Å². The van der Waals surface area contributed by atoms with Gasteiger partial charge in [0.05, 0.1) is 4.88 Å². The Kier molecular flexibility index (Phi) is 5.00. The van der Waals surface area contributed by atoms with Crippen molar-refractivity contribution in [1.29, 1.82) is 0 Å². The van der Waals surface area contributed by atoms with Crippen molar-refractivity contribution >= 4 is 28.8 Å². The van der Waals surface area contributed by atoms with Crippen LogP contribution < -0.4 is 10.6 Å². The van der Waals surface area contributed by atoms with Gasteiger partial charge < -0.3 is 10.6 Å². The lowest BCUT2D eigenvalue weighted by atomic mass is 9.85. The number of nitrogens with one attached hydrogen (secondary N) is 2. The zero-order chi connectivity index (χ0) is 17.1. The molecule has 0 radical (unpaired) electrons. The fourth-order valence-electron chi connectivity index (χ4n) is 2.63. The maximum absolute atomic E-state index is 12.2. The number of hydrogen-bond donors (Lipinski definition) is 2.